The van der Waals surface area contributed by atoms with Crippen LogP contribution in [0.1, 0.15) is 13.3 Å². The minimum atomic E-state index is -0.0690. The number of nitrogens with zero attached hydrogens (tertiary/aromatic N) is 1. The van der Waals surface area contributed by atoms with Crippen molar-refractivity contribution in [2.24, 2.45) is 11.7 Å². The average molecular weight is 247 g/mol. The molecule has 98 valence electrons. The molecule has 0 aromatic heterocycles. The summed E-state index contributed by atoms with van der Waals surface area (Å²) in [5.41, 5.74) is 6.65. The number of para-hydroxylation sites is 1. The standard InChI is InChI=1S/C14H21N3O/c1-11(9-15)14(18)17-8-7-13(10-17)16-12-5-3-2-4-6-12/h2-6,11,13,16H,7-10,15H2,1H3. The molecule has 0 saturated carbocycles. The third-order valence-corrected chi connectivity index (χ3v) is 3.42. The van der Waals surface area contributed by atoms with Crippen LogP contribution >= 0.6 is 0 Å². The molecule has 4 heteroatoms. The molecule has 0 spiro atoms. The highest BCUT2D eigenvalue weighted by Gasteiger charge is 2.28. The quantitative estimate of drug-likeness (QED) is 0.843. The van der Waals surface area contributed by atoms with Crippen LogP contribution in [-0.4, -0.2) is 36.5 Å². The van der Waals surface area contributed by atoms with E-state index in [-0.39, 0.29) is 11.8 Å². The van der Waals surface area contributed by atoms with Gasteiger partial charge in [-0.3, -0.25) is 4.79 Å². The van der Waals surface area contributed by atoms with Crippen molar-refractivity contribution in [3.05, 3.63) is 30.3 Å². The molecule has 1 aromatic rings. The van der Waals surface area contributed by atoms with E-state index in [2.05, 4.69) is 5.32 Å². The zero-order valence-electron chi connectivity index (χ0n) is 10.8. The van der Waals surface area contributed by atoms with Crippen LogP contribution in [0.2, 0.25) is 0 Å². The van der Waals surface area contributed by atoms with Crippen molar-refractivity contribution in [1.82, 2.24) is 4.90 Å². The molecule has 18 heavy (non-hydrogen) atoms. The number of benzene rings is 1. The van der Waals surface area contributed by atoms with Gasteiger partial charge in [0.15, 0.2) is 0 Å². The molecule has 0 bridgehead atoms. The van der Waals surface area contributed by atoms with Gasteiger partial charge < -0.3 is 16.0 Å². The highest BCUT2D eigenvalue weighted by molar-refractivity contribution is 5.79. The Bertz CT molecular complexity index is 393. The number of carbonyl (C=O) groups excluding carboxylic acids is 1. The number of nitrogens with one attached hydrogen (secondary N) is 1. The van der Waals surface area contributed by atoms with Gasteiger partial charge in [0.25, 0.3) is 0 Å². The summed E-state index contributed by atoms with van der Waals surface area (Å²) in [6.45, 7) is 3.91. The van der Waals surface area contributed by atoms with Crippen molar-refractivity contribution in [2.45, 2.75) is 19.4 Å². The largest absolute Gasteiger partial charge is 0.380 e. The topological polar surface area (TPSA) is 58.4 Å². The van der Waals surface area contributed by atoms with Crippen LogP contribution < -0.4 is 11.1 Å². The fraction of sp³-hybridized carbons (Fsp3) is 0.500. The molecule has 3 N–H and O–H groups in total. The first-order valence-electron chi connectivity index (χ1n) is 6.51. The Hall–Kier alpha value is -1.55. The summed E-state index contributed by atoms with van der Waals surface area (Å²) in [5, 5.41) is 3.46. The van der Waals surface area contributed by atoms with Gasteiger partial charge in [0, 0.05) is 37.3 Å². The Morgan fingerprint density at radius 2 is 2.22 bits per heavy atom. The highest BCUT2D eigenvalue weighted by Crippen LogP contribution is 2.17. The lowest BCUT2D eigenvalue weighted by atomic mass is 10.1. The minimum absolute atomic E-state index is 0.0690. The Morgan fingerprint density at radius 1 is 1.50 bits per heavy atom. The SMILES string of the molecule is CC(CN)C(=O)N1CCC(Nc2ccccc2)C1. The van der Waals surface area contributed by atoms with Crippen molar-refractivity contribution in [1.29, 1.82) is 0 Å². The first-order valence-corrected chi connectivity index (χ1v) is 6.51. The van der Waals surface area contributed by atoms with Crippen LogP contribution in [0, 0.1) is 5.92 Å². The summed E-state index contributed by atoms with van der Waals surface area (Å²) in [5.74, 6) is 0.107. The maximum absolute atomic E-state index is 12.0. The number of amides is 1. The number of likely N-dealkylation sites (tertiary alicyclic amines) is 1. The smallest absolute Gasteiger partial charge is 0.226 e. The monoisotopic (exact) mass is 247 g/mol. The molecule has 0 aliphatic carbocycles. The summed E-state index contributed by atoms with van der Waals surface area (Å²) in [4.78, 5) is 13.9. The summed E-state index contributed by atoms with van der Waals surface area (Å²) in [6.07, 6.45) is 0.998. The molecule has 2 atom stereocenters. The van der Waals surface area contributed by atoms with Gasteiger partial charge in [-0.05, 0) is 18.6 Å². The van der Waals surface area contributed by atoms with Gasteiger partial charge >= 0.3 is 0 Å². The van der Waals surface area contributed by atoms with Crippen LogP contribution in [0.15, 0.2) is 30.3 Å². The zero-order chi connectivity index (χ0) is 13.0. The van der Waals surface area contributed by atoms with Crippen LogP contribution in [0.3, 0.4) is 0 Å². The predicted octanol–water partition coefficient (Wildman–Crippen LogP) is 1.29. The van der Waals surface area contributed by atoms with Crippen LogP contribution in [0.4, 0.5) is 5.69 Å². The molecule has 1 aromatic carbocycles. The van der Waals surface area contributed by atoms with E-state index >= 15 is 0 Å². The molecule has 1 aliphatic heterocycles. The Balaban J connectivity index is 1.87. The minimum Gasteiger partial charge on any atom is -0.380 e. The van der Waals surface area contributed by atoms with E-state index < -0.39 is 0 Å². The van der Waals surface area contributed by atoms with Crippen molar-refractivity contribution < 1.29 is 4.79 Å². The van der Waals surface area contributed by atoms with Crippen molar-refractivity contribution in [3.8, 4) is 0 Å². The first-order chi connectivity index (χ1) is 8.70. The molecule has 1 amide bonds. The van der Waals surface area contributed by atoms with E-state index in [0.717, 1.165) is 25.2 Å². The molecule has 4 nitrogen and oxygen atoms in total. The normalized spacial score (nSPS) is 20.8. The summed E-state index contributed by atoms with van der Waals surface area (Å²) < 4.78 is 0. The zero-order valence-corrected chi connectivity index (χ0v) is 10.8. The molecule has 1 fully saturated rings. The fourth-order valence-electron chi connectivity index (χ4n) is 2.26. The van der Waals surface area contributed by atoms with Crippen LogP contribution in [0.5, 0.6) is 0 Å². The van der Waals surface area contributed by atoms with Crippen molar-refractivity contribution in [2.75, 3.05) is 25.0 Å². The third kappa shape index (κ3) is 3.01. The van der Waals surface area contributed by atoms with Gasteiger partial charge in [-0.1, -0.05) is 25.1 Å². The number of hydrogen-bond donors (Lipinski definition) is 2. The molecular formula is C14H21N3O. The summed E-state index contributed by atoms with van der Waals surface area (Å²) in [7, 11) is 0. The number of hydrogen-bond acceptors (Lipinski definition) is 3. The van der Waals surface area contributed by atoms with Gasteiger partial charge in [0.1, 0.15) is 0 Å². The molecule has 1 heterocycles. The van der Waals surface area contributed by atoms with Gasteiger partial charge in [-0.25, -0.2) is 0 Å². The number of anilines is 1. The van der Waals surface area contributed by atoms with Crippen LogP contribution in [0.25, 0.3) is 0 Å². The highest BCUT2D eigenvalue weighted by atomic mass is 16.2. The molecule has 2 rings (SSSR count). The Morgan fingerprint density at radius 3 is 2.89 bits per heavy atom. The van der Waals surface area contributed by atoms with E-state index in [1.54, 1.807) is 0 Å². The van der Waals surface area contributed by atoms with Crippen LogP contribution in [-0.2, 0) is 4.79 Å². The van der Waals surface area contributed by atoms with E-state index in [4.69, 9.17) is 5.73 Å². The van der Waals surface area contributed by atoms with Gasteiger partial charge in [-0.2, -0.15) is 0 Å². The van der Waals surface area contributed by atoms with Gasteiger partial charge in [0.2, 0.25) is 5.91 Å². The van der Waals surface area contributed by atoms with Crippen molar-refractivity contribution in [3.63, 3.8) is 0 Å². The van der Waals surface area contributed by atoms with Crippen molar-refractivity contribution >= 4 is 11.6 Å². The number of carbonyl (C=O) groups is 1. The molecule has 1 aliphatic rings. The molecule has 0 radical (unpaired) electrons. The van der Waals surface area contributed by atoms with E-state index in [1.165, 1.54) is 0 Å². The van der Waals surface area contributed by atoms with E-state index in [0.29, 0.717) is 12.6 Å². The van der Waals surface area contributed by atoms with E-state index in [9.17, 15) is 4.79 Å². The molecule has 1 saturated heterocycles. The lowest BCUT2D eigenvalue weighted by Gasteiger charge is -2.20. The maximum Gasteiger partial charge on any atom is 0.226 e. The van der Waals surface area contributed by atoms with Gasteiger partial charge in [0.05, 0.1) is 0 Å². The number of nitrogens with two attached hydrogens (primary N) is 1. The van der Waals surface area contributed by atoms with Gasteiger partial charge in [-0.15, -0.1) is 0 Å². The second-order valence-electron chi connectivity index (χ2n) is 4.92. The first kappa shape index (κ1) is 12.9. The predicted molar refractivity (Wildman–Crippen MR) is 73.3 cm³/mol. The summed E-state index contributed by atoms with van der Waals surface area (Å²) in [6, 6.07) is 10.5. The Kier molecular flexibility index (Phi) is 4.20. The molecule has 2 unspecified atom stereocenters. The third-order valence-electron chi connectivity index (χ3n) is 3.42. The van der Waals surface area contributed by atoms with E-state index in [1.807, 2.05) is 42.2 Å². The Labute approximate surface area is 108 Å². The molecular weight excluding hydrogens is 226 g/mol. The second kappa shape index (κ2) is 5.87. The lowest BCUT2D eigenvalue weighted by molar-refractivity contribution is -0.133. The number of rotatable bonds is 4. The fourth-order valence-corrected chi connectivity index (χ4v) is 2.26. The average Bonchev–Trinajstić information content (AvgIpc) is 2.86. The summed E-state index contributed by atoms with van der Waals surface area (Å²) >= 11 is 0. The maximum atomic E-state index is 12.0. The lowest BCUT2D eigenvalue weighted by Crippen LogP contribution is -2.37. The second-order valence-corrected chi connectivity index (χ2v) is 4.92.